The molecule has 1 aromatic carbocycles. The standard InChI is InChI=1S/C18H20N4S.HI/c1-19-18(21-11-9-16-8-4-12-23-16)22-13-15-6-2-5-14-7-3-10-20-17(14)15;/h2-8,10,12H,9,11,13H2,1H3,(H2,19,21,22);1H. The number of halogens is 1. The van der Waals surface area contributed by atoms with Gasteiger partial charge in [-0.2, -0.15) is 0 Å². The van der Waals surface area contributed by atoms with E-state index in [2.05, 4.69) is 62.4 Å². The van der Waals surface area contributed by atoms with E-state index in [1.54, 1.807) is 18.4 Å². The highest BCUT2D eigenvalue weighted by Crippen LogP contribution is 2.15. The third kappa shape index (κ3) is 4.91. The van der Waals surface area contributed by atoms with Gasteiger partial charge < -0.3 is 10.6 Å². The molecule has 0 saturated heterocycles. The summed E-state index contributed by atoms with van der Waals surface area (Å²) in [4.78, 5) is 10.1. The van der Waals surface area contributed by atoms with Gasteiger partial charge >= 0.3 is 0 Å². The third-order valence-electron chi connectivity index (χ3n) is 3.63. The van der Waals surface area contributed by atoms with Crippen LogP contribution in [-0.4, -0.2) is 24.5 Å². The zero-order valence-corrected chi connectivity index (χ0v) is 16.7. The molecule has 0 unspecified atom stereocenters. The lowest BCUT2D eigenvalue weighted by atomic mass is 10.1. The van der Waals surface area contributed by atoms with Crippen molar-refractivity contribution in [3.63, 3.8) is 0 Å². The Balaban J connectivity index is 0.00000208. The predicted octanol–water partition coefficient (Wildman–Crippen LogP) is 3.82. The predicted molar refractivity (Wildman–Crippen MR) is 113 cm³/mol. The normalized spacial score (nSPS) is 11.1. The smallest absolute Gasteiger partial charge is 0.191 e. The monoisotopic (exact) mass is 452 g/mol. The maximum Gasteiger partial charge on any atom is 0.191 e. The average molecular weight is 452 g/mol. The first-order chi connectivity index (χ1) is 11.4. The molecular weight excluding hydrogens is 431 g/mol. The minimum absolute atomic E-state index is 0. The number of para-hydroxylation sites is 1. The summed E-state index contributed by atoms with van der Waals surface area (Å²) < 4.78 is 0. The molecule has 0 radical (unpaired) electrons. The van der Waals surface area contributed by atoms with Crippen molar-refractivity contribution in [1.29, 1.82) is 0 Å². The van der Waals surface area contributed by atoms with Crippen molar-refractivity contribution in [3.05, 3.63) is 64.5 Å². The maximum atomic E-state index is 4.48. The van der Waals surface area contributed by atoms with Crippen molar-refractivity contribution < 1.29 is 0 Å². The summed E-state index contributed by atoms with van der Waals surface area (Å²) in [6.07, 6.45) is 2.84. The van der Waals surface area contributed by atoms with Gasteiger partial charge in [-0.15, -0.1) is 35.3 Å². The van der Waals surface area contributed by atoms with Crippen molar-refractivity contribution in [2.75, 3.05) is 13.6 Å². The molecule has 0 saturated carbocycles. The Morgan fingerprint density at radius 3 is 2.79 bits per heavy atom. The Bertz CT molecular complexity index is 781. The fourth-order valence-electron chi connectivity index (χ4n) is 2.47. The van der Waals surface area contributed by atoms with Crippen LogP contribution in [0.2, 0.25) is 0 Å². The van der Waals surface area contributed by atoms with Gasteiger partial charge in [0.25, 0.3) is 0 Å². The van der Waals surface area contributed by atoms with Gasteiger partial charge in [-0.1, -0.05) is 30.3 Å². The fourth-order valence-corrected chi connectivity index (χ4v) is 3.18. The number of hydrogen-bond acceptors (Lipinski definition) is 3. The number of hydrogen-bond donors (Lipinski definition) is 2. The van der Waals surface area contributed by atoms with Crippen LogP contribution in [-0.2, 0) is 13.0 Å². The van der Waals surface area contributed by atoms with E-state index in [0.717, 1.165) is 29.8 Å². The first-order valence-electron chi connectivity index (χ1n) is 7.66. The third-order valence-corrected chi connectivity index (χ3v) is 4.57. The molecule has 0 aliphatic heterocycles. The lowest BCUT2D eigenvalue weighted by Gasteiger charge is -2.12. The van der Waals surface area contributed by atoms with Gasteiger partial charge in [0.15, 0.2) is 5.96 Å². The largest absolute Gasteiger partial charge is 0.356 e. The van der Waals surface area contributed by atoms with Gasteiger partial charge in [0.2, 0.25) is 0 Å². The van der Waals surface area contributed by atoms with Crippen molar-refractivity contribution in [1.82, 2.24) is 15.6 Å². The van der Waals surface area contributed by atoms with Crippen LogP contribution < -0.4 is 10.6 Å². The molecule has 0 spiro atoms. The Morgan fingerprint density at radius 1 is 1.12 bits per heavy atom. The molecule has 2 N–H and O–H groups in total. The van der Waals surface area contributed by atoms with E-state index < -0.39 is 0 Å². The van der Waals surface area contributed by atoms with E-state index in [1.165, 1.54) is 10.4 Å². The molecular formula is C18H21IN4S. The van der Waals surface area contributed by atoms with Crippen LogP contribution in [0.15, 0.2) is 59.0 Å². The number of nitrogens with one attached hydrogen (secondary N) is 2. The van der Waals surface area contributed by atoms with Crippen LogP contribution in [0.25, 0.3) is 10.9 Å². The summed E-state index contributed by atoms with van der Waals surface area (Å²) >= 11 is 1.79. The number of aliphatic imine (C=N–C) groups is 1. The molecule has 2 heterocycles. The highest BCUT2D eigenvalue weighted by molar-refractivity contribution is 14.0. The second-order valence-electron chi connectivity index (χ2n) is 5.17. The van der Waals surface area contributed by atoms with E-state index in [0.29, 0.717) is 6.54 Å². The van der Waals surface area contributed by atoms with E-state index in [4.69, 9.17) is 0 Å². The molecule has 0 aliphatic rings. The van der Waals surface area contributed by atoms with Gasteiger partial charge in [0, 0.05) is 36.6 Å². The van der Waals surface area contributed by atoms with Crippen molar-refractivity contribution >= 4 is 52.2 Å². The number of rotatable bonds is 5. The van der Waals surface area contributed by atoms with Crippen LogP contribution in [0.5, 0.6) is 0 Å². The number of fused-ring (bicyclic) bond motifs is 1. The van der Waals surface area contributed by atoms with Crippen molar-refractivity contribution in [3.8, 4) is 0 Å². The summed E-state index contributed by atoms with van der Waals surface area (Å²) in [5, 5.41) is 9.98. The molecule has 6 heteroatoms. The number of benzene rings is 1. The molecule has 4 nitrogen and oxygen atoms in total. The number of thiophene rings is 1. The number of guanidine groups is 1. The molecule has 0 amide bonds. The van der Waals surface area contributed by atoms with E-state index >= 15 is 0 Å². The van der Waals surface area contributed by atoms with Crippen LogP contribution in [0.4, 0.5) is 0 Å². The molecule has 0 fully saturated rings. The Hall–Kier alpha value is -1.67. The van der Waals surface area contributed by atoms with Gasteiger partial charge in [-0.3, -0.25) is 9.98 Å². The van der Waals surface area contributed by atoms with E-state index in [1.807, 2.05) is 12.3 Å². The highest BCUT2D eigenvalue weighted by Gasteiger charge is 2.03. The topological polar surface area (TPSA) is 49.3 Å². The summed E-state index contributed by atoms with van der Waals surface area (Å²) in [7, 11) is 1.79. The van der Waals surface area contributed by atoms with Gasteiger partial charge in [-0.05, 0) is 29.5 Å². The molecule has 3 aromatic rings. The number of pyridine rings is 1. The van der Waals surface area contributed by atoms with Crippen LogP contribution >= 0.6 is 35.3 Å². The minimum atomic E-state index is 0. The molecule has 24 heavy (non-hydrogen) atoms. The molecule has 0 atom stereocenters. The van der Waals surface area contributed by atoms with Gasteiger partial charge in [0.05, 0.1) is 5.52 Å². The van der Waals surface area contributed by atoms with Crippen molar-refractivity contribution in [2.45, 2.75) is 13.0 Å². The van der Waals surface area contributed by atoms with Crippen LogP contribution in [0.1, 0.15) is 10.4 Å². The lowest BCUT2D eigenvalue weighted by Crippen LogP contribution is -2.37. The molecule has 0 bridgehead atoms. The lowest BCUT2D eigenvalue weighted by molar-refractivity contribution is 0.801. The second-order valence-corrected chi connectivity index (χ2v) is 6.21. The van der Waals surface area contributed by atoms with E-state index in [9.17, 15) is 0 Å². The quantitative estimate of drug-likeness (QED) is 0.352. The molecule has 2 aromatic heterocycles. The van der Waals surface area contributed by atoms with Gasteiger partial charge in [0.1, 0.15) is 0 Å². The first kappa shape index (κ1) is 18.7. The zero-order chi connectivity index (χ0) is 15.9. The summed E-state index contributed by atoms with van der Waals surface area (Å²) in [6.45, 7) is 1.57. The number of aromatic nitrogens is 1. The summed E-state index contributed by atoms with van der Waals surface area (Å²) in [5.74, 6) is 0.814. The molecule has 126 valence electrons. The van der Waals surface area contributed by atoms with Crippen LogP contribution in [0, 0.1) is 0 Å². The van der Waals surface area contributed by atoms with Crippen LogP contribution in [0.3, 0.4) is 0 Å². The maximum absolute atomic E-state index is 4.48. The Labute approximate surface area is 163 Å². The SMILES string of the molecule is CN=C(NCCc1cccs1)NCc1cccc2cccnc12.I. The van der Waals surface area contributed by atoms with Gasteiger partial charge in [-0.25, -0.2) is 0 Å². The summed E-state index contributed by atoms with van der Waals surface area (Å²) in [6, 6.07) is 14.5. The number of nitrogens with zero attached hydrogens (tertiary/aromatic N) is 2. The van der Waals surface area contributed by atoms with E-state index in [-0.39, 0.29) is 24.0 Å². The Morgan fingerprint density at radius 2 is 2.00 bits per heavy atom. The second kappa shape index (κ2) is 9.58. The average Bonchev–Trinajstić information content (AvgIpc) is 3.11. The van der Waals surface area contributed by atoms with Crippen molar-refractivity contribution in [2.24, 2.45) is 4.99 Å². The first-order valence-corrected chi connectivity index (χ1v) is 8.54. The Kier molecular flexibility index (Phi) is 7.45. The molecule has 3 rings (SSSR count). The fraction of sp³-hybridized carbons (Fsp3) is 0.222. The highest BCUT2D eigenvalue weighted by atomic mass is 127. The molecule has 0 aliphatic carbocycles. The summed E-state index contributed by atoms with van der Waals surface area (Å²) in [5.41, 5.74) is 2.21. The minimum Gasteiger partial charge on any atom is -0.356 e. The zero-order valence-electron chi connectivity index (χ0n) is 13.5.